The normalized spacial score (nSPS) is 18.3. The summed E-state index contributed by atoms with van der Waals surface area (Å²) in [4.78, 5) is 2.77. The monoisotopic (exact) mass is 1000 g/mol. The Hall–Kier alpha value is -5.82. The second-order valence-corrected chi connectivity index (χ2v) is 30.0. The van der Waals surface area contributed by atoms with Gasteiger partial charge in [0.1, 0.15) is 11.2 Å². The van der Waals surface area contributed by atoms with Crippen LogP contribution in [0, 0.1) is 0 Å². The van der Waals surface area contributed by atoms with E-state index in [2.05, 4.69) is 209 Å². The number of rotatable bonds is 1. The molecule has 6 heterocycles. The molecule has 0 fully saturated rings. The van der Waals surface area contributed by atoms with Gasteiger partial charge in [0, 0.05) is 79.1 Å². The molecular formula is C68H67BN2OS2. The molecule has 0 unspecified atom stereocenters. The summed E-state index contributed by atoms with van der Waals surface area (Å²) in [5.41, 5.74) is 21.3. The van der Waals surface area contributed by atoms with Gasteiger partial charge in [-0.05, 0) is 164 Å². The van der Waals surface area contributed by atoms with Gasteiger partial charge in [0.2, 0.25) is 0 Å². The van der Waals surface area contributed by atoms with E-state index in [1.54, 1.807) is 0 Å². The molecule has 6 heteroatoms. The highest BCUT2D eigenvalue weighted by Gasteiger charge is 2.49. The number of thiophene rings is 2. The minimum atomic E-state index is -0.122. The first-order chi connectivity index (χ1) is 34.9. The zero-order valence-electron chi connectivity index (χ0n) is 45.8. The molecule has 2 aliphatic carbocycles. The molecule has 4 aromatic heterocycles. The van der Waals surface area contributed by atoms with Gasteiger partial charge in [0.05, 0.1) is 16.7 Å². The second-order valence-electron chi connectivity index (χ2n) is 27.8. The molecule has 4 aliphatic rings. The van der Waals surface area contributed by atoms with Gasteiger partial charge in [-0.15, -0.1) is 22.7 Å². The molecule has 0 N–H and O–H groups in total. The molecule has 11 aromatic rings. The summed E-state index contributed by atoms with van der Waals surface area (Å²) in [6.07, 6.45) is 4.76. The van der Waals surface area contributed by atoms with Crippen LogP contribution in [-0.2, 0) is 32.5 Å². The molecule has 74 heavy (non-hydrogen) atoms. The van der Waals surface area contributed by atoms with Crippen molar-refractivity contribution in [2.75, 3.05) is 4.81 Å². The Bertz CT molecular complexity index is 4340. The van der Waals surface area contributed by atoms with E-state index in [0.29, 0.717) is 0 Å². The zero-order valence-corrected chi connectivity index (χ0v) is 47.5. The number of aromatic nitrogens is 1. The van der Waals surface area contributed by atoms with Gasteiger partial charge in [-0.25, -0.2) is 0 Å². The van der Waals surface area contributed by atoms with Gasteiger partial charge in [0.25, 0.3) is 0 Å². The lowest BCUT2D eigenvalue weighted by Gasteiger charge is -2.42. The van der Waals surface area contributed by atoms with Crippen molar-refractivity contribution < 1.29 is 4.42 Å². The van der Waals surface area contributed by atoms with Gasteiger partial charge in [-0.2, -0.15) is 0 Å². The van der Waals surface area contributed by atoms with E-state index in [-0.39, 0.29) is 39.3 Å². The lowest BCUT2D eigenvalue weighted by molar-refractivity contribution is 0.332. The van der Waals surface area contributed by atoms with E-state index >= 15 is 0 Å². The van der Waals surface area contributed by atoms with E-state index in [1.165, 1.54) is 160 Å². The van der Waals surface area contributed by atoms with Crippen molar-refractivity contribution in [2.24, 2.45) is 0 Å². The summed E-state index contributed by atoms with van der Waals surface area (Å²) in [7, 11) is 0. The Morgan fingerprint density at radius 3 is 1.72 bits per heavy atom. The SMILES string of the molecule is CC(C)(C)c1ccc(N2B3c4sc5cc6c(cc5c4-n4c5ccc(C(C)(C)C)cc5c5c7c(oc8ccccc87)c(c3c54)-c3cc4c(cc32)sc2cc3c(cc24)C(C)(C)CCC3(C)C)C(C)(C)CCC6(C)C)cc1. The summed E-state index contributed by atoms with van der Waals surface area (Å²) in [6, 6.07) is 41.5. The van der Waals surface area contributed by atoms with Crippen LogP contribution in [0.4, 0.5) is 11.4 Å². The largest absolute Gasteiger partial charge is 0.455 e. The van der Waals surface area contributed by atoms with Crippen LogP contribution in [0.15, 0.2) is 108 Å². The highest BCUT2D eigenvalue weighted by Crippen LogP contribution is 2.57. The average Bonchev–Trinajstić information content (AvgIpc) is 4.28. The van der Waals surface area contributed by atoms with Crippen LogP contribution in [0.3, 0.4) is 0 Å². The molecule has 0 bridgehead atoms. The van der Waals surface area contributed by atoms with Crippen molar-refractivity contribution in [1.29, 1.82) is 0 Å². The van der Waals surface area contributed by atoms with Crippen LogP contribution in [0.5, 0.6) is 0 Å². The first-order valence-corrected chi connectivity index (χ1v) is 29.1. The van der Waals surface area contributed by atoms with E-state index in [9.17, 15) is 0 Å². The maximum absolute atomic E-state index is 7.48. The Morgan fingerprint density at radius 1 is 0.527 bits per heavy atom. The van der Waals surface area contributed by atoms with Crippen molar-refractivity contribution in [3.8, 4) is 16.8 Å². The Labute approximate surface area is 444 Å². The average molecular weight is 1000 g/mol. The molecule has 0 amide bonds. The molecule has 15 rings (SSSR count). The maximum atomic E-state index is 7.48. The third kappa shape index (κ3) is 5.91. The molecule has 3 nitrogen and oxygen atoms in total. The van der Waals surface area contributed by atoms with Gasteiger partial charge >= 0.3 is 6.85 Å². The molecule has 0 radical (unpaired) electrons. The number of hydrogen-bond donors (Lipinski definition) is 0. The lowest BCUT2D eigenvalue weighted by atomic mass is 9.47. The molecule has 370 valence electrons. The standard InChI is InChI=1S/C68H67BN2OS2/c1-63(2,3)36-19-22-38(23-20-36)71-50-35-54-40(41-31-45-47(33-52(41)73-54)67(11,12)27-25-65(45,7)8)30-43(50)57-58-60-55(56-39-17-15-16-18-51(39)72-61(56)57)42-29-37(64(4,5)6)21-24-49(42)70(60)59-44-32-46-48(34-53(44)74-62(59)69(58)71)68(13,14)28-26-66(46,9)10/h15-24,29-35H,25-28H2,1-14H3. The van der Waals surface area contributed by atoms with Crippen LogP contribution in [0.1, 0.15) is 156 Å². The van der Waals surface area contributed by atoms with Crippen LogP contribution in [0.2, 0.25) is 0 Å². The van der Waals surface area contributed by atoms with Gasteiger partial charge in [-0.1, -0.05) is 133 Å². The van der Waals surface area contributed by atoms with Crippen molar-refractivity contribution in [1.82, 2.24) is 4.57 Å². The molecule has 0 saturated heterocycles. The molecule has 0 saturated carbocycles. The number of anilines is 2. The second kappa shape index (κ2) is 14.2. The Kier molecular flexibility index (Phi) is 8.72. The van der Waals surface area contributed by atoms with Crippen molar-refractivity contribution in [3.63, 3.8) is 0 Å². The number of fused-ring (bicyclic) bond motifs is 20. The van der Waals surface area contributed by atoms with Gasteiger partial charge in [0.15, 0.2) is 0 Å². The summed E-state index contributed by atoms with van der Waals surface area (Å²) >= 11 is 4.02. The van der Waals surface area contributed by atoms with E-state index in [0.717, 1.165) is 11.2 Å². The molecule has 0 spiro atoms. The number of nitrogens with zero attached hydrogens (tertiary/aromatic N) is 2. The lowest BCUT2D eigenvalue weighted by Crippen LogP contribution is -2.59. The van der Waals surface area contributed by atoms with Gasteiger partial charge < -0.3 is 13.8 Å². The fourth-order valence-corrected chi connectivity index (χ4v) is 17.0. The van der Waals surface area contributed by atoms with Gasteiger partial charge in [-0.3, -0.25) is 0 Å². The number of hydrogen-bond acceptors (Lipinski definition) is 4. The summed E-state index contributed by atoms with van der Waals surface area (Å²) in [5.74, 6) is 0. The van der Waals surface area contributed by atoms with Crippen LogP contribution in [-0.4, -0.2) is 11.4 Å². The van der Waals surface area contributed by atoms with Crippen LogP contribution >= 0.6 is 22.7 Å². The quantitative estimate of drug-likeness (QED) is 0.153. The van der Waals surface area contributed by atoms with Crippen LogP contribution in [0.25, 0.3) is 90.8 Å². The fraction of sp³-hybridized carbons (Fsp3) is 0.353. The molecule has 7 aromatic carbocycles. The number of benzene rings is 7. The topological polar surface area (TPSA) is 21.3 Å². The highest BCUT2D eigenvalue weighted by molar-refractivity contribution is 7.32. The predicted octanol–water partition coefficient (Wildman–Crippen LogP) is 18.8. The zero-order chi connectivity index (χ0) is 51.3. The Morgan fingerprint density at radius 2 is 1.08 bits per heavy atom. The van der Waals surface area contributed by atoms with Crippen molar-refractivity contribution >= 4 is 125 Å². The molecule has 2 aliphatic heterocycles. The summed E-state index contributed by atoms with van der Waals surface area (Å²) < 4.78 is 15.7. The van der Waals surface area contributed by atoms with E-state index in [1.807, 2.05) is 22.7 Å². The summed E-state index contributed by atoms with van der Waals surface area (Å²) in [5, 5.41) is 9.12. The van der Waals surface area contributed by atoms with E-state index in [4.69, 9.17) is 4.42 Å². The highest BCUT2D eigenvalue weighted by atomic mass is 32.1. The number of para-hydroxylation sites is 1. The minimum Gasteiger partial charge on any atom is -0.455 e. The molecular weight excluding hydrogens is 936 g/mol. The smallest absolute Gasteiger partial charge is 0.343 e. The predicted molar refractivity (Wildman–Crippen MR) is 323 cm³/mol. The third-order valence-electron chi connectivity index (χ3n) is 19.2. The minimum absolute atomic E-state index is 0.0204. The third-order valence-corrected chi connectivity index (χ3v) is 21.5. The van der Waals surface area contributed by atoms with E-state index < -0.39 is 0 Å². The molecule has 0 atom stereocenters. The van der Waals surface area contributed by atoms with Crippen molar-refractivity contribution in [3.05, 3.63) is 137 Å². The first-order valence-electron chi connectivity index (χ1n) is 27.4. The summed E-state index contributed by atoms with van der Waals surface area (Å²) in [6.45, 7) is 33.7. The van der Waals surface area contributed by atoms with Crippen LogP contribution < -0.4 is 15.1 Å². The Balaban J connectivity index is 1.16. The number of furan rings is 1. The maximum Gasteiger partial charge on any atom is 0.343 e. The first kappa shape index (κ1) is 45.6. The fourth-order valence-electron chi connectivity index (χ4n) is 14.5. The van der Waals surface area contributed by atoms with Crippen molar-refractivity contribution in [2.45, 2.75) is 155 Å².